The fraction of sp³-hybridized carbons (Fsp3) is 0.364. The highest BCUT2D eigenvalue weighted by atomic mass is 32.2. The highest BCUT2D eigenvalue weighted by Gasteiger charge is 2.32. The third-order valence-corrected chi connectivity index (χ3v) is 7.45. The molecule has 0 spiro atoms. The number of fused-ring (bicyclic) bond motifs is 1. The van der Waals surface area contributed by atoms with Crippen LogP contribution in [0.4, 0.5) is 10.1 Å². The molecule has 2 heterocycles. The Morgan fingerprint density at radius 1 is 1.09 bits per heavy atom. The molecule has 0 aliphatic carbocycles. The van der Waals surface area contributed by atoms with Gasteiger partial charge in [0.25, 0.3) is 5.91 Å². The first-order valence-electron chi connectivity index (χ1n) is 10.3. The van der Waals surface area contributed by atoms with Gasteiger partial charge in [-0.25, -0.2) is 17.6 Å². The first-order chi connectivity index (χ1) is 15.3. The number of esters is 1. The van der Waals surface area contributed by atoms with Crippen LogP contribution in [-0.4, -0.2) is 63.6 Å². The van der Waals surface area contributed by atoms with Crippen molar-refractivity contribution in [2.45, 2.75) is 24.3 Å². The molecule has 4 rings (SSSR count). The number of sulfonamides is 1. The second kappa shape index (κ2) is 8.97. The number of amides is 1. The lowest BCUT2D eigenvalue weighted by Crippen LogP contribution is -2.41. The van der Waals surface area contributed by atoms with Crippen molar-refractivity contribution in [2.75, 3.05) is 37.7 Å². The lowest BCUT2D eigenvalue weighted by atomic mass is 10.2. The van der Waals surface area contributed by atoms with Crippen molar-refractivity contribution in [2.24, 2.45) is 0 Å². The molecule has 2 aliphatic heterocycles. The quantitative estimate of drug-likeness (QED) is 0.631. The number of para-hydroxylation sites is 1. The Balaban J connectivity index is 1.50. The molecule has 0 radical (unpaired) electrons. The van der Waals surface area contributed by atoms with E-state index in [-0.39, 0.29) is 37.8 Å². The second-order valence-corrected chi connectivity index (χ2v) is 9.48. The number of hydrogen-bond acceptors (Lipinski definition) is 6. The summed E-state index contributed by atoms with van der Waals surface area (Å²) in [6.07, 6.45) is -0.387. The van der Waals surface area contributed by atoms with Gasteiger partial charge in [-0.2, -0.15) is 4.31 Å². The highest BCUT2D eigenvalue weighted by molar-refractivity contribution is 7.89. The summed E-state index contributed by atoms with van der Waals surface area (Å²) in [7, 11) is -4.14. The van der Waals surface area contributed by atoms with Crippen molar-refractivity contribution in [1.29, 1.82) is 0 Å². The van der Waals surface area contributed by atoms with Gasteiger partial charge in [0.05, 0.1) is 18.8 Å². The van der Waals surface area contributed by atoms with Gasteiger partial charge in [-0.3, -0.25) is 4.79 Å². The zero-order chi connectivity index (χ0) is 22.9. The maximum absolute atomic E-state index is 14.4. The predicted octanol–water partition coefficient (Wildman–Crippen LogP) is 1.98. The number of anilines is 1. The third-order valence-electron chi connectivity index (χ3n) is 5.54. The summed E-state index contributed by atoms with van der Waals surface area (Å²) in [5, 5.41) is 0. The molecule has 1 unspecified atom stereocenters. The smallest absolute Gasteiger partial charge is 0.338 e. The fourth-order valence-electron chi connectivity index (χ4n) is 3.82. The second-order valence-electron chi connectivity index (χ2n) is 7.58. The average Bonchev–Trinajstić information content (AvgIpc) is 3.23. The third kappa shape index (κ3) is 4.25. The molecule has 8 nitrogen and oxygen atoms in total. The molecule has 32 heavy (non-hydrogen) atoms. The van der Waals surface area contributed by atoms with Gasteiger partial charge in [-0.15, -0.1) is 0 Å². The van der Waals surface area contributed by atoms with Crippen molar-refractivity contribution in [3.8, 4) is 0 Å². The summed E-state index contributed by atoms with van der Waals surface area (Å²) in [4.78, 5) is 26.4. The van der Waals surface area contributed by atoms with Gasteiger partial charge < -0.3 is 14.4 Å². The van der Waals surface area contributed by atoms with Crippen LogP contribution in [0, 0.1) is 5.82 Å². The maximum atomic E-state index is 14.4. The van der Waals surface area contributed by atoms with Gasteiger partial charge in [0.1, 0.15) is 10.7 Å². The predicted molar refractivity (Wildman–Crippen MR) is 113 cm³/mol. The van der Waals surface area contributed by atoms with E-state index in [4.69, 9.17) is 9.47 Å². The van der Waals surface area contributed by atoms with Gasteiger partial charge in [0.15, 0.2) is 6.10 Å². The monoisotopic (exact) mass is 462 g/mol. The van der Waals surface area contributed by atoms with E-state index in [9.17, 15) is 22.4 Å². The van der Waals surface area contributed by atoms with E-state index in [1.165, 1.54) is 6.92 Å². The molecule has 170 valence electrons. The van der Waals surface area contributed by atoms with Crippen LogP contribution in [0.1, 0.15) is 22.8 Å². The minimum Gasteiger partial charge on any atom is -0.449 e. The van der Waals surface area contributed by atoms with Crippen LogP contribution < -0.4 is 4.90 Å². The number of carbonyl (C=O) groups excluding carboxylic acids is 2. The van der Waals surface area contributed by atoms with Crippen LogP contribution in [0.2, 0.25) is 0 Å². The molecule has 1 atom stereocenters. The van der Waals surface area contributed by atoms with E-state index in [1.807, 2.05) is 24.3 Å². The van der Waals surface area contributed by atoms with Crippen molar-refractivity contribution >= 4 is 27.6 Å². The van der Waals surface area contributed by atoms with Gasteiger partial charge in [0, 0.05) is 25.3 Å². The van der Waals surface area contributed by atoms with Crippen LogP contribution in [0.5, 0.6) is 0 Å². The molecule has 2 aromatic carbocycles. The minimum atomic E-state index is -4.14. The number of morpholine rings is 1. The molecule has 2 aliphatic rings. The normalized spacial score (nSPS) is 17.6. The van der Waals surface area contributed by atoms with Crippen LogP contribution in [-0.2, 0) is 30.7 Å². The molecule has 1 amide bonds. The number of hydrogen-bond donors (Lipinski definition) is 0. The number of halogens is 1. The number of rotatable bonds is 5. The van der Waals surface area contributed by atoms with Gasteiger partial charge in [0.2, 0.25) is 10.0 Å². The van der Waals surface area contributed by atoms with E-state index in [2.05, 4.69) is 0 Å². The van der Waals surface area contributed by atoms with E-state index >= 15 is 0 Å². The molecule has 1 fully saturated rings. The van der Waals surface area contributed by atoms with Crippen molar-refractivity contribution < 1.29 is 31.9 Å². The molecule has 1 saturated heterocycles. The zero-order valence-electron chi connectivity index (χ0n) is 17.5. The van der Waals surface area contributed by atoms with Crippen LogP contribution in [0.25, 0.3) is 0 Å². The molecule has 0 bridgehead atoms. The Labute approximate surface area is 185 Å². The van der Waals surface area contributed by atoms with E-state index < -0.39 is 32.8 Å². The molecule has 0 N–H and O–H groups in total. The van der Waals surface area contributed by atoms with E-state index in [0.717, 1.165) is 33.8 Å². The van der Waals surface area contributed by atoms with E-state index in [0.29, 0.717) is 13.0 Å². The zero-order valence-corrected chi connectivity index (χ0v) is 18.3. The summed E-state index contributed by atoms with van der Waals surface area (Å²) in [6.45, 7) is 2.55. The van der Waals surface area contributed by atoms with Gasteiger partial charge in [-0.1, -0.05) is 18.2 Å². The molecular weight excluding hydrogens is 439 g/mol. The molecule has 0 saturated carbocycles. The number of ether oxygens (including phenoxy) is 2. The number of benzene rings is 2. The first-order valence-corrected chi connectivity index (χ1v) is 11.7. The number of nitrogens with zero attached hydrogens (tertiary/aromatic N) is 2. The Morgan fingerprint density at radius 2 is 1.81 bits per heavy atom. The summed E-state index contributed by atoms with van der Waals surface area (Å²) < 4.78 is 51.6. The maximum Gasteiger partial charge on any atom is 0.338 e. The summed E-state index contributed by atoms with van der Waals surface area (Å²) >= 11 is 0. The molecule has 2 aromatic rings. The van der Waals surface area contributed by atoms with Crippen LogP contribution in [0.15, 0.2) is 47.4 Å². The Morgan fingerprint density at radius 3 is 2.56 bits per heavy atom. The topological polar surface area (TPSA) is 93.2 Å². The molecule has 10 heteroatoms. The van der Waals surface area contributed by atoms with Crippen molar-refractivity contribution in [3.05, 3.63) is 59.4 Å². The van der Waals surface area contributed by atoms with E-state index in [1.54, 1.807) is 4.90 Å². The van der Waals surface area contributed by atoms with Crippen LogP contribution >= 0.6 is 0 Å². The minimum absolute atomic E-state index is 0.0965. The van der Waals surface area contributed by atoms with Crippen LogP contribution in [0.3, 0.4) is 0 Å². The van der Waals surface area contributed by atoms with Crippen molar-refractivity contribution in [1.82, 2.24) is 4.31 Å². The summed E-state index contributed by atoms with van der Waals surface area (Å²) in [5.41, 5.74) is 1.66. The largest absolute Gasteiger partial charge is 0.449 e. The standard InChI is InChI=1S/C22H23FN2O6S/c1-15(21(26)25-9-8-16-4-2-3-5-19(16)25)31-22(27)17-6-7-18(23)20(14-17)32(28,29)24-10-12-30-13-11-24/h2-7,14-15H,8-13H2,1H3. The lowest BCUT2D eigenvalue weighted by molar-refractivity contribution is -0.126. The number of carbonyl (C=O) groups is 2. The SMILES string of the molecule is CC(OC(=O)c1ccc(F)c(S(=O)(=O)N2CCOCC2)c1)C(=O)N1CCc2ccccc21. The first kappa shape index (κ1) is 22.4. The highest BCUT2D eigenvalue weighted by Crippen LogP contribution is 2.28. The van der Waals surface area contributed by atoms with Gasteiger partial charge >= 0.3 is 5.97 Å². The molecule has 0 aromatic heterocycles. The Hall–Kier alpha value is -2.82. The molecular formula is C22H23FN2O6S. The van der Waals surface area contributed by atoms with Crippen molar-refractivity contribution in [3.63, 3.8) is 0 Å². The summed E-state index contributed by atoms with van der Waals surface area (Å²) in [5.74, 6) is -2.26. The Bertz CT molecular complexity index is 1150. The van der Waals surface area contributed by atoms with Gasteiger partial charge in [-0.05, 0) is 43.2 Å². The Kier molecular flexibility index (Phi) is 6.27. The fourth-order valence-corrected chi connectivity index (χ4v) is 5.32. The summed E-state index contributed by atoms with van der Waals surface area (Å²) in [6, 6.07) is 10.5. The average molecular weight is 462 g/mol. The lowest BCUT2D eigenvalue weighted by Gasteiger charge is -2.26.